The van der Waals surface area contributed by atoms with Gasteiger partial charge in [0.15, 0.2) is 0 Å². The smallest absolute Gasteiger partial charge is 0.137 e. The average molecular weight is 240 g/mol. The van der Waals surface area contributed by atoms with Crippen molar-refractivity contribution in [1.29, 1.82) is 0 Å². The molecule has 1 saturated carbocycles. The first-order valence-electron chi connectivity index (χ1n) is 5.85. The highest BCUT2D eigenvalue weighted by molar-refractivity contribution is 6.30. The first-order valence-corrected chi connectivity index (χ1v) is 6.23. The van der Waals surface area contributed by atoms with Gasteiger partial charge >= 0.3 is 0 Å². The second-order valence-electron chi connectivity index (χ2n) is 4.84. The summed E-state index contributed by atoms with van der Waals surface area (Å²) < 4.78 is 0. The van der Waals surface area contributed by atoms with Crippen molar-refractivity contribution in [2.75, 3.05) is 5.32 Å². The molecule has 1 heterocycles. The summed E-state index contributed by atoms with van der Waals surface area (Å²) >= 11 is 6.11. The van der Waals surface area contributed by atoms with Crippen molar-refractivity contribution in [3.8, 4) is 0 Å². The van der Waals surface area contributed by atoms with Crippen LogP contribution in [0.5, 0.6) is 0 Å². The Morgan fingerprint density at radius 2 is 2.06 bits per heavy atom. The minimum absolute atomic E-state index is 0.228. The zero-order chi connectivity index (χ0) is 11.8. The molecule has 0 saturated heterocycles. The predicted molar refractivity (Wildman–Crippen MR) is 67.0 cm³/mol. The van der Waals surface area contributed by atoms with Crippen molar-refractivity contribution < 1.29 is 0 Å². The van der Waals surface area contributed by atoms with Gasteiger partial charge in [0.25, 0.3) is 0 Å². The lowest BCUT2D eigenvalue weighted by Crippen LogP contribution is -2.19. The lowest BCUT2D eigenvalue weighted by atomic mass is 10.2. The van der Waals surface area contributed by atoms with Crippen molar-refractivity contribution in [3.05, 3.63) is 16.5 Å². The van der Waals surface area contributed by atoms with E-state index in [0.717, 1.165) is 30.0 Å². The maximum Gasteiger partial charge on any atom is 0.137 e. The van der Waals surface area contributed by atoms with Gasteiger partial charge < -0.3 is 5.32 Å². The quantitative estimate of drug-likeness (QED) is 0.819. The summed E-state index contributed by atoms with van der Waals surface area (Å²) in [4.78, 5) is 8.83. The van der Waals surface area contributed by atoms with Gasteiger partial charge in [0.1, 0.15) is 16.8 Å². The molecule has 0 aliphatic heterocycles. The number of hydrogen-bond donors (Lipinski definition) is 1. The molecule has 3 nitrogen and oxygen atoms in total. The van der Waals surface area contributed by atoms with Gasteiger partial charge in [-0.2, -0.15) is 0 Å². The highest BCUT2D eigenvalue weighted by Crippen LogP contribution is 2.38. The van der Waals surface area contributed by atoms with Crippen LogP contribution in [0.4, 0.5) is 5.82 Å². The van der Waals surface area contributed by atoms with E-state index in [1.165, 1.54) is 12.8 Å². The van der Waals surface area contributed by atoms with E-state index in [-0.39, 0.29) is 5.54 Å². The zero-order valence-corrected chi connectivity index (χ0v) is 10.9. The predicted octanol–water partition coefficient (Wildman–Crippen LogP) is 3.36. The van der Waals surface area contributed by atoms with Crippen LogP contribution in [0.2, 0.25) is 5.15 Å². The van der Waals surface area contributed by atoms with E-state index in [2.05, 4.69) is 29.1 Å². The van der Waals surface area contributed by atoms with Gasteiger partial charge in [-0.1, -0.05) is 18.5 Å². The summed E-state index contributed by atoms with van der Waals surface area (Å²) in [7, 11) is 0. The molecule has 0 radical (unpaired) electrons. The SMILES string of the molecule is CCCc1nc(Cl)c(C)c(NC2(C)CC2)n1. The summed E-state index contributed by atoms with van der Waals surface area (Å²) in [6.07, 6.45) is 4.33. The van der Waals surface area contributed by atoms with Crippen molar-refractivity contribution in [2.24, 2.45) is 0 Å². The number of halogens is 1. The topological polar surface area (TPSA) is 37.8 Å². The van der Waals surface area contributed by atoms with Gasteiger partial charge in [-0.05, 0) is 33.1 Å². The average Bonchev–Trinajstić information content (AvgIpc) is 2.92. The summed E-state index contributed by atoms with van der Waals surface area (Å²) in [5.41, 5.74) is 1.18. The second-order valence-corrected chi connectivity index (χ2v) is 5.20. The molecule has 1 aliphatic rings. The fourth-order valence-electron chi connectivity index (χ4n) is 1.59. The minimum atomic E-state index is 0.228. The van der Waals surface area contributed by atoms with Gasteiger partial charge in [0.05, 0.1) is 0 Å². The minimum Gasteiger partial charge on any atom is -0.365 e. The number of nitrogens with one attached hydrogen (secondary N) is 1. The molecular formula is C12H18ClN3. The van der Waals surface area contributed by atoms with E-state index >= 15 is 0 Å². The van der Waals surface area contributed by atoms with Crippen LogP contribution in [-0.2, 0) is 6.42 Å². The van der Waals surface area contributed by atoms with Crippen molar-refractivity contribution in [2.45, 2.75) is 52.0 Å². The van der Waals surface area contributed by atoms with Gasteiger partial charge in [0, 0.05) is 17.5 Å². The van der Waals surface area contributed by atoms with Crippen LogP contribution in [0.1, 0.15) is 44.5 Å². The Bertz CT molecular complexity index is 399. The van der Waals surface area contributed by atoms with Crippen molar-refractivity contribution in [3.63, 3.8) is 0 Å². The third kappa shape index (κ3) is 2.46. The third-order valence-electron chi connectivity index (χ3n) is 3.03. The fraction of sp³-hybridized carbons (Fsp3) is 0.667. The Kier molecular flexibility index (Phi) is 3.06. The summed E-state index contributed by atoms with van der Waals surface area (Å²) in [6, 6.07) is 0. The molecule has 1 aromatic heterocycles. The lowest BCUT2D eigenvalue weighted by molar-refractivity contribution is 0.792. The molecule has 16 heavy (non-hydrogen) atoms. The lowest BCUT2D eigenvalue weighted by Gasteiger charge is -2.15. The largest absolute Gasteiger partial charge is 0.365 e. The standard InChI is InChI=1S/C12H18ClN3/c1-4-5-9-14-10(13)8(2)11(15-9)16-12(3)6-7-12/h4-7H2,1-3H3,(H,14,15,16). The molecular weight excluding hydrogens is 222 g/mol. The number of nitrogens with zero attached hydrogens (tertiary/aromatic N) is 2. The van der Waals surface area contributed by atoms with Crippen LogP contribution in [0.15, 0.2) is 0 Å². The van der Waals surface area contributed by atoms with Crippen LogP contribution in [0.25, 0.3) is 0 Å². The summed E-state index contributed by atoms with van der Waals surface area (Å²) in [5, 5.41) is 4.04. The Balaban J connectivity index is 2.27. The van der Waals surface area contributed by atoms with Crippen LogP contribution in [0, 0.1) is 6.92 Å². The Morgan fingerprint density at radius 1 is 1.38 bits per heavy atom. The Labute approximate surface area is 102 Å². The van der Waals surface area contributed by atoms with Crippen LogP contribution in [-0.4, -0.2) is 15.5 Å². The van der Waals surface area contributed by atoms with Gasteiger partial charge in [-0.3, -0.25) is 0 Å². The normalized spacial score (nSPS) is 17.2. The molecule has 0 spiro atoms. The van der Waals surface area contributed by atoms with Gasteiger partial charge in [-0.15, -0.1) is 0 Å². The maximum absolute atomic E-state index is 6.11. The molecule has 1 aliphatic carbocycles. The summed E-state index contributed by atoms with van der Waals surface area (Å²) in [5.74, 6) is 1.74. The summed E-state index contributed by atoms with van der Waals surface area (Å²) in [6.45, 7) is 6.29. The molecule has 0 aromatic carbocycles. The molecule has 0 atom stereocenters. The molecule has 0 bridgehead atoms. The molecule has 88 valence electrons. The first kappa shape index (κ1) is 11.6. The second kappa shape index (κ2) is 4.21. The number of aromatic nitrogens is 2. The number of rotatable bonds is 4. The Morgan fingerprint density at radius 3 is 2.62 bits per heavy atom. The third-order valence-corrected chi connectivity index (χ3v) is 3.39. The van der Waals surface area contributed by atoms with E-state index in [0.29, 0.717) is 5.15 Å². The highest BCUT2D eigenvalue weighted by Gasteiger charge is 2.38. The fourth-order valence-corrected chi connectivity index (χ4v) is 1.78. The van der Waals surface area contributed by atoms with E-state index in [4.69, 9.17) is 11.6 Å². The Hall–Kier alpha value is -0.830. The highest BCUT2D eigenvalue weighted by atomic mass is 35.5. The van der Waals surface area contributed by atoms with Crippen LogP contribution < -0.4 is 5.32 Å². The van der Waals surface area contributed by atoms with Crippen molar-refractivity contribution in [1.82, 2.24) is 9.97 Å². The van der Waals surface area contributed by atoms with E-state index < -0.39 is 0 Å². The molecule has 1 fully saturated rings. The molecule has 1 aromatic rings. The van der Waals surface area contributed by atoms with Crippen LogP contribution >= 0.6 is 11.6 Å². The number of hydrogen-bond acceptors (Lipinski definition) is 3. The zero-order valence-electron chi connectivity index (χ0n) is 10.1. The number of anilines is 1. The monoisotopic (exact) mass is 239 g/mol. The molecule has 2 rings (SSSR count). The van der Waals surface area contributed by atoms with E-state index in [1.54, 1.807) is 0 Å². The molecule has 1 N–H and O–H groups in total. The first-order chi connectivity index (χ1) is 7.54. The van der Waals surface area contributed by atoms with E-state index in [9.17, 15) is 0 Å². The van der Waals surface area contributed by atoms with Gasteiger partial charge in [-0.25, -0.2) is 9.97 Å². The molecule has 0 unspecified atom stereocenters. The number of aryl methyl sites for hydroxylation is 1. The molecule has 0 amide bonds. The molecule has 4 heteroatoms. The van der Waals surface area contributed by atoms with E-state index in [1.807, 2.05) is 6.92 Å². The van der Waals surface area contributed by atoms with Crippen LogP contribution in [0.3, 0.4) is 0 Å². The maximum atomic E-state index is 6.11. The van der Waals surface area contributed by atoms with Crippen molar-refractivity contribution >= 4 is 17.4 Å². The van der Waals surface area contributed by atoms with Gasteiger partial charge in [0.2, 0.25) is 0 Å².